The number of nitrogens with two attached hydrogens (primary N) is 1. The minimum absolute atomic E-state index is 0.0736. The summed E-state index contributed by atoms with van der Waals surface area (Å²) in [5, 5.41) is 21.6. The number of ketones is 1. The predicted octanol–water partition coefficient (Wildman–Crippen LogP) is 5.50. The lowest BCUT2D eigenvalue weighted by molar-refractivity contribution is -0.116. The molecular weight excluding hydrogens is 450 g/mol. The molecule has 1 aliphatic carbocycles. The number of nitriles is 1. The molecule has 33 heavy (non-hydrogen) atoms. The van der Waals surface area contributed by atoms with Crippen molar-refractivity contribution >= 4 is 44.8 Å². The number of hydrogen-bond acceptors (Lipinski definition) is 8. The summed E-state index contributed by atoms with van der Waals surface area (Å²) >= 11 is 3.10. The van der Waals surface area contributed by atoms with E-state index < -0.39 is 5.92 Å². The van der Waals surface area contributed by atoms with Crippen LogP contribution in [-0.4, -0.2) is 21.7 Å². The Kier molecular flexibility index (Phi) is 5.92. The van der Waals surface area contributed by atoms with Gasteiger partial charge < -0.3 is 5.73 Å². The fraction of sp³-hybridized carbons (Fsp3) is 0.280. The van der Waals surface area contributed by atoms with Gasteiger partial charge in [-0.15, -0.1) is 10.2 Å². The molecule has 6 nitrogen and oxygen atoms in total. The number of thioether (sulfide) groups is 1. The van der Waals surface area contributed by atoms with E-state index in [9.17, 15) is 10.1 Å². The van der Waals surface area contributed by atoms with E-state index in [-0.39, 0.29) is 5.78 Å². The maximum absolute atomic E-state index is 13.3. The molecule has 2 aliphatic rings. The quantitative estimate of drug-likeness (QED) is 0.489. The van der Waals surface area contributed by atoms with Gasteiger partial charge in [0.2, 0.25) is 5.13 Å². The summed E-state index contributed by atoms with van der Waals surface area (Å²) in [6.07, 6.45) is 2.97. The molecule has 0 bridgehead atoms. The van der Waals surface area contributed by atoms with E-state index in [1.165, 1.54) is 11.3 Å². The molecule has 1 aliphatic heterocycles. The number of rotatable bonds is 5. The van der Waals surface area contributed by atoms with Gasteiger partial charge >= 0.3 is 0 Å². The van der Waals surface area contributed by atoms with Crippen molar-refractivity contribution in [1.82, 2.24) is 10.2 Å². The van der Waals surface area contributed by atoms with Crippen LogP contribution in [0, 0.1) is 11.3 Å². The van der Waals surface area contributed by atoms with Crippen LogP contribution in [-0.2, 0) is 4.79 Å². The molecule has 2 N–H and O–H groups in total. The molecular formula is C25H23N5OS2. The third-order valence-electron chi connectivity index (χ3n) is 6.06. The molecule has 3 aromatic rings. The fourth-order valence-corrected chi connectivity index (χ4v) is 6.46. The van der Waals surface area contributed by atoms with E-state index >= 15 is 0 Å². The van der Waals surface area contributed by atoms with Crippen LogP contribution in [0.2, 0.25) is 0 Å². The lowest BCUT2D eigenvalue weighted by Crippen LogP contribution is -2.38. The highest BCUT2D eigenvalue weighted by Crippen LogP contribution is 2.48. The molecule has 1 atom stereocenters. The Hall–Kier alpha value is -3.15. The van der Waals surface area contributed by atoms with Crippen molar-refractivity contribution in [3.8, 4) is 6.07 Å². The molecule has 2 heterocycles. The Morgan fingerprint density at radius 1 is 1.21 bits per heavy atom. The Morgan fingerprint density at radius 3 is 2.85 bits per heavy atom. The molecule has 0 fully saturated rings. The van der Waals surface area contributed by atoms with Gasteiger partial charge in [0, 0.05) is 23.4 Å². The molecule has 166 valence electrons. The number of carbonyl (C=O) groups excluding carboxylic acids is 1. The standard InChI is InChI=1S/C25H23N5OS2/c1-2-13-32-25-29-28-24(33-25)30-19-11-6-12-20(31)22(19)21(18(14-26)23(30)27)17-10-5-8-15-7-3-4-9-16(15)17/h3-5,7-10,21H,2,6,11-13,27H2,1H3. The summed E-state index contributed by atoms with van der Waals surface area (Å²) in [7, 11) is 0. The van der Waals surface area contributed by atoms with Crippen LogP contribution in [0.5, 0.6) is 0 Å². The van der Waals surface area contributed by atoms with Gasteiger partial charge in [-0.3, -0.25) is 9.69 Å². The van der Waals surface area contributed by atoms with E-state index in [0.717, 1.165) is 45.0 Å². The molecule has 0 amide bonds. The second-order valence-corrected chi connectivity index (χ2v) is 10.4. The summed E-state index contributed by atoms with van der Waals surface area (Å²) in [4.78, 5) is 15.2. The van der Waals surface area contributed by atoms with Gasteiger partial charge in [-0.1, -0.05) is 72.5 Å². The second-order valence-electron chi connectivity index (χ2n) is 8.08. The number of nitrogens with zero attached hydrogens (tertiary/aromatic N) is 4. The first kappa shape index (κ1) is 21.7. The van der Waals surface area contributed by atoms with Gasteiger partial charge in [0.15, 0.2) is 10.1 Å². The topological polar surface area (TPSA) is 95.9 Å². The van der Waals surface area contributed by atoms with E-state index in [1.54, 1.807) is 16.7 Å². The lowest BCUT2D eigenvalue weighted by atomic mass is 9.74. The van der Waals surface area contributed by atoms with Crippen LogP contribution in [0.15, 0.2) is 69.5 Å². The minimum Gasteiger partial charge on any atom is -0.384 e. The van der Waals surface area contributed by atoms with Crippen LogP contribution in [0.3, 0.4) is 0 Å². The fourth-order valence-electron chi connectivity index (χ4n) is 4.66. The lowest BCUT2D eigenvalue weighted by Gasteiger charge is -2.38. The molecule has 0 saturated carbocycles. The zero-order valence-electron chi connectivity index (χ0n) is 18.2. The van der Waals surface area contributed by atoms with Crippen molar-refractivity contribution in [2.75, 3.05) is 10.7 Å². The number of allylic oxidation sites excluding steroid dienone is 3. The molecule has 2 aromatic carbocycles. The molecule has 8 heteroatoms. The van der Waals surface area contributed by atoms with Crippen LogP contribution in [0.25, 0.3) is 10.8 Å². The van der Waals surface area contributed by atoms with Crippen molar-refractivity contribution in [3.05, 3.63) is 70.7 Å². The van der Waals surface area contributed by atoms with Gasteiger partial charge in [0.1, 0.15) is 5.82 Å². The SMILES string of the molecule is CCCSc1nnc(N2C(N)=C(C#N)C(c3cccc4ccccc34)C3=C2CCCC3=O)s1. The average molecular weight is 474 g/mol. The third-order valence-corrected chi connectivity index (χ3v) is 8.31. The largest absolute Gasteiger partial charge is 0.384 e. The third kappa shape index (κ3) is 3.71. The molecule has 0 spiro atoms. The van der Waals surface area contributed by atoms with Crippen LogP contribution >= 0.6 is 23.1 Å². The Morgan fingerprint density at radius 2 is 2.03 bits per heavy atom. The second kappa shape index (κ2) is 9.00. The van der Waals surface area contributed by atoms with Gasteiger partial charge in [-0.25, -0.2) is 0 Å². The van der Waals surface area contributed by atoms with Crippen molar-refractivity contribution in [2.24, 2.45) is 5.73 Å². The van der Waals surface area contributed by atoms with Crippen LogP contribution in [0.1, 0.15) is 44.1 Å². The number of carbonyl (C=O) groups is 1. The van der Waals surface area contributed by atoms with Crippen molar-refractivity contribution in [2.45, 2.75) is 42.9 Å². The summed E-state index contributed by atoms with van der Waals surface area (Å²) in [6.45, 7) is 2.12. The summed E-state index contributed by atoms with van der Waals surface area (Å²) < 4.78 is 0.860. The number of fused-ring (bicyclic) bond motifs is 1. The van der Waals surface area contributed by atoms with E-state index in [2.05, 4.69) is 23.2 Å². The smallest absolute Gasteiger partial charge is 0.219 e. The maximum Gasteiger partial charge on any atom is 0.219 e. The van der Waals surface area contributed by atoms with Crippen LogP contribution < -0.4 is 10.6 Å². The van der Waals surface area contributed by atoms with Crippen LogP contribution in [0.4, 0.5) is 5.13 Å². The zero-order valence-corrected chi connectivity index (χ0v) is 19.9. The number of anilines is 1. The van der Waals surface area contributed by atoms with E-state index in [1.807, 2.05) is 42.5 Å². The number of aromatic nitrogens is 2. The summed E-state index contributed by atoms with van der Waals surface area (Å²) in [5.74, 6) is 0.887. The van der Waals surface area contributed by atoms with Crippen molar-refractivity contribution in [1.29, 1.82) is 5.26 Å². The first-order valence-electron chi connectivity index (χ1n) is 11.0. The highest BCUT2D eigenvalue weighted by atomic mass is 32.2. The first-order chi connectivity index (χ1) is 16.1. The Labute approximate surface area is 200 Å². The minimum atomic E-state index is -0.484. The van der Waals surface area contributed by atoms with Gasteiger partial charge in [-0.05, 0) is 35.6 Å². The Balaban J connectivity index is 1.71. The van der Waals surface area contributed by atoms with E-state index in [4.69, 9.17) is 5.73 Å². The molecule has 0 saturated heterocycles. The van der Waals surface area contributed by atoms with Gasteiger partial charge in [0.05, 0.1) is 17.6 Å². The van der Waals surface area contributed by atoms with E-state index in [0.29, 0.717) is 34.9 Å². The average Bonchev–Trinajstić information content (AvgIpc) is 3.30. The Bertz CT molecular complexity index is 1340. The first-order valence-corrected chi connectivity index (χ1v) is 12.8. The monoisotopic (exact) mass is 473 g/mol. The van der Waals surface area contributed by atoms with Gasteiger partial charge in [-0.2, -0.15) is 5.26 Å². The highest BCUT2D eigenvalue weighted by molar-refractivity contribution is 8.01. The molecule has 1 unspecified atom stereocenters. The summed E-state index contributed by atoms with van der Waals surface area (Å²) in [6, 6.07) is 16.4. The predicted molar refractivity (Wildman–Crippen MR) is 133 cm³/mol. The zero-order chi connectivity index (χ0) is 22.9. The number of benzene rings is 2. The normalized spacial score (nSPS) is 18.6. The van der Waals surface area contributed by atoms with Crippen molar-refractivity contribution in [3.63, 3.8) is 0 Å². The maximum atomic E-state index is 13.3. The highest BCUT2D eigenvalue weighted by Gasteiger charge is 2.41. The summed E-state index contributed by atoms with van der Waals surface area (Å²) in [5.41, 5.74) is 9.51. The molecule has 1 aromatic heterocycles. The van der Waals surface area contributed by atoms with Crippen molar-refractivity contribution < 1.29 is 4.79 Å². The number of hydrogen-bond donors (Lipinski definition) is 1. The molecule has 0 radical (unpaired) electrons. The molecule has 5 rings (SSSR count). The number of Topliss-reactive ketones (excluding diaryl/α,β-unsaturated/α-hetero) is 1. The van der Waals surface area contributed by atoms with Gasteiger partial charge in [0.25, 0.3) is 0 Å².